The molecule has 0 aliphatic carbocycles. The zero-order chi connectivity index (χ0) is 19.4. The van der Waals surface area contributed by atoms with Crippen molar-refractivity contribution in [1.82, 2.24) is 15.2 Å². The Kier molecular flexibility index (Phi) is 5.46. The van der Waals surface area contributed by atoms with Crippen LogP contribution < -0.4 is 10.6 Å². The molecular weight excluding hydrogens is 379 g/mol. The Balaban J connectivity index is 1.78. The van der Waals surface area contributed by atoms with Crippen LogP contribution in [0.15, 0.2) is 54.7 Å². The molecule has 0 saturated heterocycles. The van der Waals surface area contributed by atoms with Crippen LogP contribution in [0.4, 0.5) is 30.6 Å². The quantitative estimate of drug-likeness (QED) is 0.602. The number of anilines is 3. The number of hydrogen-bond donors (Lipinski definition) is 2. The molecule has 2 aromatic carbocycles. The van der Waals surface area contributed by atoms with Crippen molar-refractivity contribution in [1.29, 1.82) is 0 Å². The zero-order valence-electron chi connectivity index (χ0n) is 14.1. The molecule has 1 unspecified atom stereocenters. The van der Waals surface area contributed by atoms with Gasteiger partial charge in [0, 0.05) is 6.04 Å². The normalized spacial score (nSPS) is 12.5. The lowest BCUT2D eigenvalue weighted by atomic mass is 10.1. The van der Waals surface area contributed by atoms with Gasteiger partial charge in [0.05, 0.1) is 22.5 Å². The molecule has 140 valence electrons. The van der Waals surface area contributed by atoms with Crippen LogP contribution in [0.1, 0.15) is 24.1 Å². The number of hydrogen-bond acceptors (Lipinski definition) is 5. The fourth-order valence-electron chi connectivity index (χ4n) is 2.39. The number of benzene rings is 2. The average Bonchev–Trinajstić information content (AvgIpc) is 2.63. The van der Waals surface area contributed by atoms with Crippen molar-refractivity contribution in [2.45, 2.75) is 19.1 Å². The third-order valence-corrected chi connectivity index (χ3v) is 4.09. The van der Waals surface area contributed by atoms with Gasteiger partial charge in [0.15, 0.2) is 5.82 Å². The van der Waals surface area contributed by atoms with Crippen LogP contribution in [0.25, 0.3) is 0 Å². The van der Waals surface area contributed by atoms with E-state index in [0.717, 1.165) is 17.7 Å². The van der Waals surface area contributed by atoms with E-state index in [1.807, 2.05) is 37.3 Å². The van der Waals surface area contributed by atoms with Gasteiger partial charge in [-0.2, -0.15) is 23.3 Å². The standard InChI is InChI=1S/C18H15ClF3N5/c1-11(12-5-3-2-4-6-12)24-16-10-23-27-17(26-16)25-15-9-13(18(20,21)22)7-8-14(15)19/h2-11H,1H3,(H2,24,25,26,27). The minimum absolute atomic E-state index is 0.0292. The number of alkyl halides is 3. The van der Waals surface area contributed by atoms with Crippen molar-refractivity contribution in [2.75, 3.05) is 10.6 Å². The van der Waals surface area contributed by atoms with Crippen molar-refractivity contribution in [3.05, 3.63) is 70.9 Å². The molecule has 0 radical (unpaired) electrons. The first-order valence-electron chi connectivity index (χ1n) is 7.98. The fourth-order valence-corrected chi connectivity index (χ4v) is 2.56. The summed E-state index contributed by atoms with van der Waals surface area (Å²) in [6, 6.07) is 12.6. The lowest BCUT2D eigenvalue weighted by Gasteiger charge is -2.15. The topological polar surface area (TPSA) is 62.7 Å². The van der Waals surface area contributed by atoms with Gasteiger partial charge in [-0.25, -0.2) is 0 Å². The van der Waals surface area contributed by atoms with Gasteiger partial charge >= 0.3 is 6.18 Å². The summed E-state index contributed by atoms with van der Waals surface area (Å²) in [6.45, 7) is 1.95. The van der Waals surface area contributed by atoms with E-state index in [-0.39, 0.29) is 22.7 Å². The van der Waals surface area contributed by atoms with E-state index >= 15 is 0 Å². The molecule has 0 spiro atoms. The van der Waals surface area contributed by atoms with Crippen LogP contribution >= 0.6 is 11.6 Å². The van der Waals surface area contributed by atoms with Gasteiger partial charge in [0.1, 0.15) is 0 Å². The number of nitrogens with one attached hydrogen (secondary N) is 2. The first kappa shape index (κ1) is 18.9. The van der Waals surface area contributed by atoms with Gasteiger partial charge in [0.2, 0.25) is 5.95 Å². The molecule has 0 fully saturated rings. The molecule has 1 atom stereocenters. The molecule has 0 aliphatic heterocycles. The van der Waals surface area contributed by atoms with Gasteiger partial charge in [0.25, 0.3) is 0 Å². The van der Waals surface area contributed by atoms with E-state index in [1.54, 1.807) is 0 Å². The second-order valence-electron chi connectivity index (χ2n) is 5.76. The summed E-state index contributed by atoms with van der Waals surface area (Å²) in [5, 5.41) is 13.6. The Morgan fingerprint density at radius 2 is 1.81 bits per heavy atom. The van der Waals surface area contributed by atoms with Crippen molar-refractivity contribution in [2.24, 2.45) is 0 Å². The van der Waals surface area contributed by atoms with Gasteiger partial charge < -0.3 is 10.6 Å². The van der Waals surface area contributed by atoms with Crippen LogP contribution in [0, 0.1) is 0 Å². The van der Waals surface area contributed by atoms with E-state index < -0.39 is 11.7 Å². The Morgan fingerprint density at radius 1 is 1.07 bits per heavy atom. The highest BCUT2D eigenvalue weighted by Gasteiger charge is 2.31. The molecule has 3 aromatic rings. The lowest BCUT2D eigenvalue weighted by Crippen LogP contribution is -2.10. The largest absolute Gasteiger partial charge is 0.416 e. The van der Waals surface area contributed by atoms with Crippen LogP contribution in [0.2, 0.25) is 5.02 Å². The van der Waals surface area contributed by atoms with Crippen LogP contribution in [-0.2, 0) is 6.18 Å². The SMILES string of the molecule is CC(Nc1cnnc(Nc2cc(C(F)(F)F)ccc2Cl)n1)c1ccccc1. The molecule has 0 amide bonds. The molecule has 1 aromatic heterocycles. The summed E-state index contributed by atoms with van der Waals surface area (Å²) in [4.78, 5) is 4.23. The van der Waals surface area contributed by atoms with E-state index in [4.69, 9.17) is 11.6 Å². The maximum atomic E-state index is 12.9. The number of halogens is 4. The number of nitrogens with zero attached hydrogens (tertiary/aromatic N) is 3. The predicted molar refractivity (Wildman–Crippen MR) is 98.0 cm³/mol. The third-order valence-electron chi connectivity index (χ3n) is 3.76. The van der Waals surface area contributed by atoms with Crippen molar-refractivity contribution in [3.63, 3.8) is 0 Å². The molecule has 0 saturated carbocycles. The fraction of sp³-hybridized carbons (Fsp3) is 0.167. The summed E-state index contributed by atoms with van der Waals surface area (Å²) >= 11 is 5.98. The lowest BCUT2D eigenvalue weighted by molar-refractivity contribution is -0.137. The first-order valence-corrected chi connectivity index (χ1v) is 8.36. The van der Waals surface area contributed by atoms with Crippen LogP contribution in [0.3, 0.4) is 0 Å². The van der Waals surface area contributed by atoms with Crippen molar-refractivity contribution < 1.29 is 13.2 Å². The molecular formula is C18H15ClF3N5. The summed E-state index contributed by atoms with van der Waals surface area (Å²) in [5.74, 6) is 0.452. The Morgan fingerprint density at radius 3 is 2.52 bits per heavy atom. The number of aromatic nitrogens is 3. The second kappa shape index (κ2) is 7.79. The highest BCUT2D eigenvalue weighted by Crippen LogP contribution is 2.34. The maximum absolute atomic E-state index is 12.9. The molecule has 0 aliphatic rings. The maximum Gasteiger partial charge on any atom is 0.416 e. The third kappa shape index (κ3) is 4.85. The molecule has 3 rings (SSSR count). The van der Waals surface area contributed by atoms with E-state index in [9.17, 15) is 13.2 Å². The average molecular weight is 394 g/mol. The predicted octanol–water partition coefficient (Wildman–Crippen LogP) is 5.46. The summed E-state index contributed by atoms with van der Waals surface area (Å²) < 4.78 is 38.6. The minimum Gasteiger partial charge on any atom is -0.362 e. The highest BCUT2D eigenvalue weighted by atomic mass is 35.5. The summed E-state index contributed by atoms with van der Waals surface area (Å²) in [7, 11) is 0. The molecule has 1 heterocycles. The molecule has 2 N–H and O–H groups in total. The summed E-state index contributed by atoms with van der Waals surface area (Å²) in [6.07, 6.45) is -3.05. The number of rotatable bonds is 5. The first-order chi connectivity index (χ1) is 12.8. The Hall–Kier alpha value is -2.87. The minimum atomic E-state index is -4.48. The van der Waals surface area contributed by atoms with Gasteiger partial charge in [-0.1, -0.05) is 41.9 Å². The second-order valence-corrected chi connectivity index (χ2v) is 6.17. The van der Waals surface area contributed by atoms with Gasteiger partial charge in [-0.15, -0.1) is 5.10 Å². The van der Waals surface area contributed by atoms with Crippen LogP contribution in [-0.4, -0.2) is 15.2 Å². The summed E-state index contributed by atoms with van der Waals surface area (Å²) in [5.41, 5.74) is 0.266. The molecule has 27 heavy (non-hydrogen) atoms. The van der Waals surface area contributed by atoms with E-state index in [1.165, 1.54) is 12.3 Å². The van der Waals surface area contributed by atoms with Crippen molar-refractivity contribution in [3.8, 4) is 0 Å². The smallest absolute Gasteiger partial charge is 0.362 e. The molecule has 9 heteroatoms. The Bertz CT molecular complexity index is 918. The van der Waals surface area contributed by atoms with E-state index in [2.05, 4.69) is 25.8 Å². The molecule has 5 nitrogen and oxygen atoms in total. The van der Waals surface area contributed by atoms with Gasteiger partial charge in [-0.05, 0) is 30.7 Å². The Labute approximate surface area is 158 Å². The van der Waals surface area contributed by atoms with Crippen molar-refractivity contribution >= 4 is 29.1 Å². The van der Waals surface area contributed by atoms with Crippen LogP contribution in [0.5, 0.6) is 0 Å². The zero-order valence-corrected chi connectivity index (χ0v) is 14.9. The van der Waals surface area contributed by atoms with Gasteiger partial charge in [-0.3, -0.25) is 0 Å². The highest BCUT2D eigenvalue weighted by molar-refractivity contribution is 6.33. The molecule has 0 bridgehead atoms. The monoisotopic (exact) mass is 393 g/mol. The van der Waals surface area contributed by atoms with E-state index in [0.29, 0.717) is 5.82 Å².